The predicted octanol–water partition coefficient (Wildman–Crippen LogP) is 8.93. The number of carbonyl (C=O) groups excluding carboxylic acids is 2. The molecule has 0 aliphatic heterocycles. The van der Waals surface area contributed by atoms with Crippen molar-refractivity contribution in [1.29, 1.82) is 0 Å². The number of alkyl halides is 3. The standard InChI is InChI=1S/C35H35F4NO6S2/c1-32(2,3)46-29(41)33(4,5)48-31-40-27(21-47-31)28(20-44-24-17-18-25(26(36)19-24)22-13-9-7-10-14-22)45-30(42)34(43-6,35(37,38)39)23-15-11-8-12-16-23/h7-19,21,28H,20H2,1-6H3/t28-,34+/m0/s1. The normalized spacial score (nSPS) is 14.1. The van der Waals surface area contributed by atoms with Crippen LogP contribution in [0.1, 0.15) is 52.0 Å². The molecule has 0 saturated heterocycles. The number of halogens is 4. The molecule has 4 rings (SSSR count). The number of carbonyl (C=O) groups is 2. The van der Waals surface area contributed by atoms with Crippen LogP contribution in [-0.4, -0.2) is 47.2 Å². The summed E-state index contributed by atoms with van der Waals surface area (Å²) in [6, 6.07) is 19.3. The van der Waals surface area contributed by atoms with Crippen molar-refractivity contribution in [2.24, 2.45) is 0 Å². The SMILES string of the molecule is CO[C@@](C(=O)O[C@@H](COc1ccc(-c2ccccc2)c(F)c1)c1csc(SC(C)(C)C(=O)OC(C)(C)C)n1)(c1ccccc1)C(F)(F)F. The maximum atomic E-state index is 15.1. The highest BCUT2D eigenvalue weighted by molar-refractivity contribution is 8.03. The van der Waals surface area contributed by atoms with Gasteiger partial charge in [-0.3, -0.25) is 4.79 Å². The summed E-state index contributed by atoms with van der Waals surface area (Å²) in [7, 11) is 0.765. The number of methoxy groups -OCH3 is 1. The quantitative estimate of drug-likeness (QED) is 0.0821. The number of esters is 2. The fourth-order valence-corrected chi connectivity index (χ4v) is 6.77. The Bertz CT molecular complexity index is 1710. The van der Waals surface area contributed by atoms with Gasteiger partial charge in [-0.1, -0.05) is 72.4 Å². The lowest BCUT2D eigenvalue weighted by Crippen LogP contribution is -2.52. The monoisotopic (exact) mass is 705 g/mol. The molecule has 0 aliphatic rings. The first kappa shape index (κ1) is 36.9. The van der Waals surface area contributed by atoms with Crippen LogP contribution in [0.15, 0.2) is 88.6 Å². The molecule has 1 heterocycles. The van der Waals surface area contributed by atoms with Crippen molar-refractivity contribution in [1.82, 2.24) is 4.98 Å². The topological polar surface area (TPSA) is 84.0 Å². The fraction of sp³-hybridized carbons (Fsp3) is 0.343. The number of thiazole rings is 1. The van der Waals surface area contributed by atoms with Crippen LogP contribution in [0.3, 0.4) is 0 Å². The van der Waals surface area contributed by atoms with Gasteiger partial charge in [-0.15, -0.1) is 11.3 Å². The summed E-state index contributed by atoms with van der Waals surface area (Å²) in [5.74, 6) is -2.80. The number of thioether (sulfide) groups is 1. The largest absolute Gasteiger partial charge is 0.489 e. The second-order valence-electron chi connectivity index (χ2n) is 12.1. The Morgan fingerprint density at radius 1 is 0.896 bits per heavy atom. The Labute approximate surface area is 284 Å². The number of rotatable bonds is 12. The molecule has 0 spiro atoms. The molecule has 0 bridgehead atoms. The summed E-state index contributed by atoms with van der Waals surface area (Å²) in [6.07, 6.45) is -6.71. The number of aromatic nitrogens is 1. The van der Waals surface area contributed by atoms with Crippen molar-refractivity contribution >= 4 is 35.0 Å². The van der Waals surface area contributed by atoms with Gasteiger partial charge in [0.15, 0.2) is 10.4 Å². The summed E-state index contributed by atoms with van der Waals surface area (Å²) in [4.78, 5) is 30.9. The molecule has 7 nitrogen and oxygen atoms in total. The Kier molecular flexibility index (Phi) is 11.3. The number of hydrogen-bond acceptors (Lipinski definition) is 9. The maximum absolute atomic E-state index is 15.1. The molecule has 4 aromatic rings. The zero-order valence-corrected chi connectivity index (χ0v) is 28.7. The summed E-state index contributed by atoms with van der Waals surface area (Å²) in [5.41, 5.74) is -3.68. The predicted molar refractivity (Wildman–Crippen MR) is 175 cm³/mol. The van der Waals surface area contributed by atoms with E-state index in [9.17, 15) is 22.8 Å². The Hall–Kier alpha value is -3.94. The highest BCUT2D eigenvalue weighted by Gasteiger charge is 2.64. The van der Waals surface area contributed by atoms with Crippen molar-refractivity contribution in [2.75, 3.05) is 13.7 Å². The second-order valence-corrected chi connectivity index (χ2v) is 14.8. The molecule has 0 amide bonds. The molecule has 0 unspecified atom stereocenters. The Balaban J connectivity index is 1.65. The van der Waals surface area contributed by atoms with Gasteiger partial charge in [0, 0.05) is 29.7 Å². The summed E-state index contributed by atoms with van der Waals surface area (Å²) < 4.78 is 80.0. The molecule has 0 saturated carbocycles. The molecule has 0 radical (unpaired) electrons. The van der Waals surface area contributed by atoms with E-state index in [2.05, 4.69) is 4.98 Å². The Morgan fingerprint density at radius 3 is 2.08 bits per heavy atom. The first-order chi connectivity index (χ1) is 22.5. The minimum Gasteiger partial charge on any atom is -0.489 e. The van der Waals surface area contributed by atoms with Crippen LogP contribution in [0.2, 0.25) is 0 Å². The van der Waals surface area contributed by atoms with Crippen LogP contribution in [0, 0.1) is 5.82 Å². The molecule has 0 N–H and O–H groups in total. The van der Waals surface area contributed by atoms with Crippen LogP contribution in [0.4, 0.5) is 17.6 Å². The van der Waals surface area contributed by atoms with Gasteiger partial charge in [-0.25, -0.2) is 14.2 Å². The van der Waals surface area contributed by atoms with E-state index in [1.165, 1.54) is 35.7 Å². The van der Waals surface area contributed by atoms with Crippen molar-refractivity contribution in [3.63, 3.8) is 0 Å². The number of ether oxygens (including phenoxy) is 4. The van der Waals surface area contributed by atoms with Gasteiger partial charge in [0.25, 0.3) is 5.60 Å². The fourth-order valence-electron chi connectivity index (χ4n) is 4.51. The van der Waals surface area contributed by atoms with E-state index in [1.807, 2.05) is 0 Å². The van der Waals surface area contributed by atoms with Crippen LogP contribution in [-0.2, 0) is 29.4 Å². The molecule has 0 aliphatic carbocycles. The highest BCUT2D eigenvalue weighted by Crippen LogP contribution is 2.44. The summed E-state index contributed by atoms with van der Waals surface area (Å²) >= 11 is 2.17. The first-order valence-electron chi connectivity index (χ1n) is 14.7. The number of benzene rings is 3. The van der Waals surface area contributed by atoms with Crippen LogP contribution in [0.5, 0.6) is 5.75 Å². The molecule has 256 valence electrons. The minimum absolute atomic E-state index is 0.0426. The van der Waals surface area contributed by atoms with Crippen LogP contribution >= 0.6 is 23.1 Å². The number of nitrogens with zero attached hydrogens (tertiary/aromatic N) is 1. The zero-order chi connectivity index (χ0) is 35.3. The second kappa shape index (κ2) is 14.7. The van der Waals surface area contributed by atoms with Gasteiger partial charge >= 0.3 is 18.1 Å². The van der Waals surface area contributed by atoms with Crippen molar-refractivity contribution in [2.45, 2.75) is 67.2 Å². The lowest BCUT2D eigenvalue weighted by atomic mass is 9.92. The van der Waals surface area contributed by atoms with E-state index >= 15 is 4.39 Å². The first-order valence-corrected chi connectivity index (χ1v) is 16.4. The van der Waals surface area contributed by atoms with E-state index in [1.54, 1.807) is 65.0 Å². The highest BCUT2D eigenvalue weighted by atomic mass is 32.2. The third-order valence-electron chi connectivity index (χ3n) is 6.91. The average molecular weight is 706 g/mol. The smallest absolute Gasteiger partial charge is 0.432 e. The average Bonchev–Trinajstić information content (AvgIpc) is 3.47. The molecular formula is C35H35F4NO6S2. The van der Waals surface area contributed by atoms with Crippen LogP contribution in [0.25, 0.3) is 11.1 Å². The summed E-state index contributed by atoms with van der Waals surface area (Å²) in [6.45, 7) is 8.00. The molecule has 48 heavy (non-hydrogen) atoms. The van der Waals surface area contributed by atoms with E-state index in [0.29, 0.717) is 15.5 Å². The van der Waals surface area contributed by atoms with Crippen molar-refractivity contribution in [3.05, 3.63) is 101 Å². The zero-order valence-electron chi connectivity index (χ0n) is 27.1. The lowest BCUT2D eigenvalue weighted by molar-refractivity contribution is -0.278. The Morgan fingerprint density at radius 2 is 1.52 bits per heavy atom. The van der Waals surface area contributed by atoms with E-state index in [4.69, 9.17) is 18.9 Å². The van der Waals surface area contributed by atoms with Crippen molar-refractivity contribution in [3.8, 4) is 16.9 Å². The van der Waals surface area contributed by atoms with Crippen molar-refractivity contribution < 1.29 is 46.1 Å². The third-order valence-corrected chi connectivity index (χ3v) is 9.05. The van der Waals surface area contributed by atoms with Gasteiger partial charge in [-0.2, -0.15) is 13.2 Å². The van der Waals surface area contributed by atoms with Gasteiger partial charge in [0.05, 0.1) is 5.69 Å². The number of hydrogen-bond donors (Lipinski definition) is 0. The third kappa shape index (κ3) is 8.55. The molecule has 2 atom stereocenters. The molecule has 0 fully saturated rings. The lowest BCUT2D eigenvalue weighted by Gasteiger charge is -2.33. The molecule has 13 heteroatoms. The summed E-state index contributed by atoms with van der Waals surface area (Å²) in [5, 5.41) is 1.48. The van der Waals surface area contributed by atoms with Gasteiger partial charge < -0.3 is 18.9 Å². The molecular weight excluding hydrogens is 671 g/mol. The van der Waals surface area contributed by atoms with E-state index < -0.39 is 58.2 Å². The van der Waals surface area contributed by atoms with Gasteiger partial charge in [0.2, 0.25) is 0 Å². The minimum atomic E-state index is -5.22. The molecule has 3 aromatic carbocycles. The van der Waals surface area contributed by atoms with Gasteiger partial charge in [0.1, 0.15) is 28.5 Å². The molecule has 1 aromatic heterocycles. The van der Waals surface area contributed by atoms with E-state index in [0.717, 1.165) is 48.4 Å². The van der Waals surface area contributed by atoms with Gasteiger partial charge in [-0.05, 0) is 52.3 Å². The maximum Gasteiger partial charge on any atom is 0.432 e. The van der Waals surface area contributed by atoms with E-state index in [-0.39, 0.29) is 11.4 Å². The van der Waals surface area contributed by atoms with Crippen LogP contribution < -0.4 is 4.74 Å².